The molecule has 104 valence electrons. The molecule has 0 spiro atoms. The molecule has 0 aromatic rings. The van der Waals surface area contributed by atoms with Gasteiger partial charge in [0.05, 0.1) is 11.5 Å². The van der Waals surface area contributed by atoms with Gasteiger partial charge in [-0.05, 0) is 13.3 Å². The summed E-state index contributed by atoms with van der Waals surface area (Å²) < 4.78 is 22.4. The number of carboxylic acids is 1. The van der Waals surface area contributed by atoms with Gasteiger partial charge >= 0.3 is 12.0 Å². The summed E-state index contributed by atoms with van der Waals surface area (Å²) in [7, 11) is -3.00. The maximum Gasteiger partial charge on any atom is 0.317 e. The number of aliphatic carboxylic acids is 1. The molecule has 2 N–H and O–H groups in total. The normalized spacial score (nSPS) is 20.2. The van der Waals surface area contributed by atoms with Crippen LogP contribution in [0.5, 0.6) is 0 Å². The van der Waals surface area contributed by atoms with E-state index in [0.717, 1.165) is 0 Å². The van der Waals surface area contributed by atoms with Crippen molar-refractivity contribution in [3.05, 3.63) is 0 Å². The average molecular weight is 278 g/mol. The minimum Gasteiger partial charge on any atom is -0.481 e. The van der Waals surface area contributed by atoms with Crippen LogP contribution in [0.25, 0.3) is 0 Å². The predicted octanol–water partition coefficient (Wildman–Crippen LogP) is -0.320. The number of sulfone groups is 1. The van der Waals surface area contributed by atoms with Crippen LogP contribution in [0.3, 0.4) is 0 Å². The topological polar surface area (TPSA) is 104 Å². The molecule has 7 nitrogen and oxygen atoms in total. The van der Waals surface area contributed by atoms with Crippen molar-refractivity contribution in [2.24, 2.45) is 0 Å². The van der Waals surface area contributed by atoms with Crippen LogP contribution in [0.1, 0.15) is 19.8 Å². The van der Waals surface area contributed by atoms with Gasteiger partial charge in [0, 0.05) is 25.6 Å². The molecule has 2 amide bonds. The zero-order chi connectivity index (χ0) is 13.8. The Morgan fingerprint density at radius 1 is 1.33 bits per heavy atom. The van der Waals surface area contributed by atoms with Crippen LogP contribution in [-0.4, -0.2) is 61.1 Å². The lowest BCUT2D eigenvalue weighted by molar-refractivity contribution is -0.137. The summed E-state index contributed by atoms with van der Waals surface area (Å²) >= 11 is 0. The molecule has 0 bridgehead atoms. The van der Waals surface area contributed by atoms with E-state index in [1.165, 1.54) is 4.90 Å². The second-order valence-electron chi connectivity index (χ2n) is 4.42. The van der Waals surface area contributed by atoms with Crippen LogP contribution in [0.15, 0.2) is 0 Å². The molecule has 1 fully saturated rings. The van der Waals surface area contributed by atoms with Gasteiger partial charge < -0.3 is 15.3 Å². The molecule has 18 heavy (non-hydrogen) atoms. The Bertz CT molecular complexity index is 406. The van der Waals surface area contributed by atoms with E-state index in [1.54, 1.807) is 6.92 Å². The van der Waals surface area contributed by atoms with E-state index < -0.39 is 15.8 Å². The summed E-state index contributed by atoms with van der Waals surface area (Å²) in [5.74, 6) is -0.923. The maximum atomic E-state index is 11.7. The minimum atomic E-state index is -3.00. The number of carbonyl (C=O) groups excluding carboxylic acids is 1. The largest absolute Gasteiger partial charge is 0.481 e. The quantitative estimate of drug-likeness (QED) is 0.733. The van der Waals surface area contributed by atoms with E-state index in [2.05, 4.69) is 5.32 Å². The Morgan fingerprint density at radius 2 is 1.89 bits per heavy atom. The first-order valence-electron chi connectivity index (χ1n) is 5.78. The zero-order valence-corrected chi connectivity index (χ0v) is 11.1. The molecular weight excluding hydrogens is 260 g/mol. The Morgan fingerprint density at radius 3 is 2.39 bits per heavy atom. The summed E-state index contributed by atoms with van der Waals surface area (Å²) in [6.45, 7) is 2.11. The Kier molecular flexibility index (Phi) is 4.94. The number of nitrogens with one attached hydrogen (secondary N) is 1. The van der Waals surface area contributed by atoms with Crippen molar-refractivity contribution in [1.29, 1.82) is 0 Å². The lowest BCUT2D eigenvalue weighted by atomic mass is 10.2. The molecule has 8 heteroatoms. The monoisotopic (exact) mass is 278 g/mol. The number of urea groups is 1. The molecule has 0 aromatic carbocycles. The van der Waals surface area contributed by atoms with Crippen molar-refractivity contribution in [3.63, 3.8) is 0 Å². The summed E-state index contributed by atoms with van der Waals surface area (Å²) in [5, 5.41) is 11.2. The van der Waals surface area contributed by atoms with Crippen LogP contribution in [0.4, 0.5) is 4.79 Å². The number of carboxylic acid groups (broad SMARTS) is 1. The molecule has 0 aliphatic carbocycles. The van der Waals surface area contributed by atoms with E-state index in [0.29, 0.717) is 6.42 Å². The van der Waals surface area contributed by atoms with E-state index in [1.807, 2.05) is 0 Å². The fourth-order valence-corrected chi connectivity index (χ4v) is 2.83. The predicted molar refractivity (Wildman–Crippen MR) is 65.1 cm³/mol. The van der Waals surface area contributed by atoms with Gasteiger partial charge in [-0.25, -0.2) is 13.2 Å². The zero-order valence-electron chi connectivity index (χ0n) is 10.3. The van der Waals surface area contributed by atoms with Gasteiger partial charge in [-0.15, -0.1) is 0 Å². The van der Waals surface area contributed by atoms with Gasteiger partial charge in [-0.3, -0.25) is 4.79 Å². The number of carbonyl (C=O) groups is 2. The third kappa shape index (κ3) is 4.91. The van der Waals surface area contributed by atoms with Crippen LogP contribution < -0.4 is 5.32 Å². The van der Waals surface area contributed by atoms with Crippen LogP contribution >= 0.6 is 0 Å². The summed E-state index contributed by atoms with van der Waals surface area (Å²) in [6.07, 6.45) is 0.350. The lowest BCUT2D eigenvalue weighted by Crippen LogP contribution is -2.50. The number of amides is 2. The van der Waals surface area contributed by atoms with Crippen molar-refractivity contribution in [2.45, 2.75) is 25.8 Å². The number of hydrogen-bond acceptors (Lipinski definition) is 4. The number of rotatable bonds is 4. The molecule has 1 aliphatic heterocycles. The lowest BCUT2D eigenvalue weighted by Gasteiger charge is -2.28. The fourth-order valence-electron chi connectivity index (χ4n) is 1.63. The van der Waals surface area contributed by atoms with Gasteiger partial charge in [0.1, 0.15) is 0 Å². The highest BCUT2D eigenvalue weighted by Crippen LogP contribution is 2.05. The third-order valence-corrected chi connectivity index (χ3v) is 4.40. The van der Waals surface area contributed by atoms with Crippen LogP contribution in [0.2, 0.25) is 0 Å². The first kappa shape index (κ1) is 14.7. The van der Waals surface area contributed by atoms with Crippen molar-refractivity contribution in [3.8, 4) is 0 Å². The minimum absolute atomic E-state index is 0.00414. The Labute approximate surface area is 106 Å². The average Bonchev–Trinajstić information content (AvgIpc) is 2.26. The second-order valence-corrected chi connectivity index (χ2v) is 6.73. The molecule has 0 radical (unpaired) electrons. The van der Waals surface area contributed by atoms with Gasteiger partial charge in [0.15, 0.2) is 9.84 Å². The van der Waals surface area contributed by atoms with Crippen molar-refractivity contribution in [1.82, 2.24) is 10.2 Å². The Hall–Kier alpha value is -1.31. The summed E-state index contributed by atoms with van der Waals surface area (Å²) in [4.78, 5) is 23.6. The van der Waals surface area contributed by atoms with Crippen molar-refractivity contribution >= 4 is 21.8 Å². The van der Waals surface area contributed by atoms with Crippen molar-refractivity contribution < 1.29 is 23.1 Å². The Balaban J connectivity index is 2.35. The van der Waals surface area contributed by atoms with Gasteiger partial charge in [0.2, 0.25) is 0 Å². The molecule has 0 aromatic heterocycles. The molecule has 0 saturated carbocycles. The third-order valence-electron chi connectivity index (χ3n) is 2.79. The SMILES string of the molecule is CC(CCC(=O)O)NC(=O)N1CCS(=O)(=O)CC1. The molecule has 1 heterocycles. The highest BCUT2D eigenvalue weighted by Gasteiger charge is 2.25. The number of hydrogen-bond donors (Lipinski definition) is 2. The highest BCUT2D eigenvalue weighted by molar-refractivity contribution is 7.91. The van der Waals surface area contributed by atoms with E-state index >= 15 is 0 Å². The van der Waals surface area contributed by atoms with Crippen molar-refractivity contribution in [2.75, 3.05) is 24.6 Å². The van der Waals surface area contributed by atoms with E-state index in [9.17, 15) is 18.0 Å². The smallest absolute Gasteiger partial charge is 0.317 e. The first-order valence-corrected chi connectivity index (χ1v) is 7.60. The highest BCUT2D eigenvalue weighted by atomic mass is 32.2. The standard InChI is InChI=1S/C10H18N2O5S/c1-8(2-3-9(13)14)11-10(15)12-4-6-18(16,17)7-5-12/h8H,2-7H2,1H3,(H,11,15)(H,13,14). The summed E-state index contributed by atoms with van der Waals surface area (Å²) in [6, 6.07) is -0.574. The molecule has 1 rings (SSSR count). The molecular formula is C10H18N2O5S. The van der Waals surface area contributed by atoms with Crippen LogP contribution in [-0.2, 0) is 14.6 Å². The number of nitrogens with zero attached hydrogens (tertiary/aromatic N) is 1. The summed E-state index contributed by atoms with van der Waals surface area (Å²) in [5.41, 5.74) is 0. The van der Waals surface area contributed by atoms with Gasteiger partial charge in [-0.1, -0.05) is 0 Å². The maximum absolute atomic E-state index is 11.7. The molecule has 1 saturated heterocycles. The fraction of sp³-hybridized carbons (Fsp3) is 0.800. The molecule has 1 atom stereocenters. The second kappa shape index (κ2) is 6.03. The van der Waals surface area contributed by atoms with E-state index in [4.69, 9.17) is 5.11 Å². The van der Waals surface area contributed by atoms with Gasteiger partial charge in [-0.2, -0.15) is 0 Å². The van der Waals surface area contributed by atoms with Crippen LogP contribution in [0, 0.1) is 0 Å². The van der Waals surface area contributed by atoms with Gasteiger partial charge in [0.25, 0.3) is 0 Å². The molecule has 1 aliphatic rings. The van der Waals surface area contributed by atoms with E-state index in [-0.39, 0.29) is 43.1 Å². The molecule has 1 unspecified atom stereocenters. The first-order chi connectivity index (χ1) is 8.30.